The number of anilines is 2. The van der Waals surface area contributed by atoms with Crippen molar-refractivity contribution in [1.82, 2.24) is 0 Å². The van der Waals surface area contributed by atoms with Gasteiger partial charge in [-0.2, -0.15) is 0 Å². The van der Waals surface area contributed by atoms with Crippen LogP contribution in [0.4, 0.5) is 15.8 Å². The first kappa shape index (κ1) is 13.1. The summed E-state index contributed by atoms with van der Waals surface area (Å²) in [6.45, 7) is 2.78. The molecular weight excluding hydrogens is 253 g/mol. The Bertz CT molecular complexity index is 626. The van der Waals surface area contributed by atoms with Crippen LogP contribution in [0.15, 0.2) is 42.5 Å². The number of hydrogen-bond acceptors (Lipinski definition) is 2. The highest BCUT2D eigenvalue weighted by molar-refractivity contribution is 5.72. The van der Waals surface area contributed by atoms with Crippen LogP contribution < -0.4 is 4.90 Å². The maximum atomic E-state index is 13.5. The van der Waals surface area contributed by atoms with Crippen LogP contribution in [0.5, 0.6) is 0 Å². The van der Waals surface area contributed by atoms with Crippen molar-refractivity contribution >= 4 is 11.4 Å². The Kier molecular flexibility index (Phi) is 3.45. The fraction of sp³-hybridized carbons (Fsp3) is 0.294. The van der Waals surface area contributed by atoms with Gasteiger partial charge in [0.15, 0.2) is 0 Å². The van der Waals surface area contributed by atoms with Crippen LogP contribution in [0.1, 0.15) is 30.6 Å². The smallest absolute Gasteiger partial charge is 0.125 e. The Morgan fingerprint density at radius 2 is 2.00 bits per heavy atom. The number of para-hydroxylation sites is 1. The third-order valence-corrected chi connectivity index (χ3v) is 3.92. The van der Waals surface area contributed by atoms with E-state index >= 15 is 0 Å². The van der Waals surface area contributed by atoms with Crippen molar-refractivity contribution in [3.05, 3.63) is 59.4 Å². The van der Waals surface area contributed by atoms with Gasteiger partial charge in [-0.3, -0.25) is 0 Å². The topological polar surface area (TPSA) is 23.5 Å². The van der Waals surface area contributed by atoms with Gasteiger partial charge in [0, 0.05) is 23.5 Å². The second-order valence-electron chi connectivity index (χ2n) is 5.16. The summed E-state index contributed by atoms with van der Waals surface area (Å²) in [7, 11) is 0. The van der Waals surface area contributed by atoms with Gasteiger partial charge in [-0.05, 0) is 36.6 Å². The van der Waals surface area contributed by atoms with Gasteiger partial charge in [-0.15, -0.1) is 0 Å². The van der Waals surface area contributed by atoms with Crippen molar-refractivity contribution < 1.29 is 9.50 Å². The molecule has 2 aromatic rings. The Morgan fingerprint density at radius 3 is 2.80 bits per heavy atom. The van der Waals surface area contributed by atoms with E-state index in [0.29, 0.717) is 6.42 Å². The van der Waals surface area contributed by atoms with E-state index in [4.69, 9.17) is 0 Å². The lowest BCUT2D eigenvalue weighted by Gasteiger charge is -2.24. The molecule has 104 valence electrons. The predicted molar refractivity (Wildman–Crippen MR) is 78.8 cm³/mol. The monoisotopic (exact) mass is 271 g/mol. The van der Waals surface area contributed by atoms with Gasteiger partial charge >= 0.3 is 0 Å². The second kappa shape index (κ2) is 5.25. The van der Waals surface area contributed by atoms with Crippen LogP contribution in [-0.2, 0) is 6.42 Å². The molecule has 1 aliphatic heterocycles. The van der Waals surface area contributed by atoms with E-state index in [1.165, 1.54) is 6.07 Å². The number of aliphatic hydroxyl groups excluding tert-OH is 1. The minimum atomic E-state index is -0.483. The lowest BCUT2D eigenvalue weighted by Crippen LogP contribution is -2.16. The first-order valence-electron chi connectivity index (χ1n) is 7.03. The molecule has 20 heavy (non-hydrogen) atoms. The second-order valence-corrected chi connectivity index (χ2v) is 5.16. The molecule has 0 aromatic heterocycles. The van der Waals surface area contributed by atoms with Gasteiger partial charge < -0.3 is 10.0 Å². The summed E-state index contributed by atoms with van der Waals surface area (Å²) in [4.78, 5) is 2.10. The molecule has 0 saturated heterocycles. The molecule has 2 nitrogen and oxygen atoms in total. The molecule has 3 rings (SSSR count). The molecule has 0 bridgehead atoms. The standard InChI is InChI=1S/C17H18FNO/c1-2-17(20)14-5-3-4-6-15(14)19-10-9-12-7-8-13(18)11-16(12)19/h3-8,11,17,20H,2,9-10H2,1H3/t17-/m1/s1. The van der Waals surface area contributed by atoms with Gasteiger partial charge in [0.05, 0.1) is 6.10 Å². The van der Waals surface area contributed by atoms with E-state index in [2.05, 4.69) is 4.90 Å². The van der Waals surface area contributed by atoms with Crippen molar-refractivity contribution in [3.8, 4) is 0 Å². The molecule has 0 saturated carbocycles. The van der Waals surface area contributed by atoms with Crippen LogP contribution in [-0.4, -0.2) is 11.7 Å². The lowest BCUT2D eigenvalue weighted by molar-refractivity contribution is 0.174. The van der Waals surface area contributed by atoms with E-state index in [0.717, 1.165) is 35.5 Å². The van der Waals surface area contributed by atoms with E-state index in [-0.39, 0.29) is 5.82 Å². The number of halogens is 1. The molecule has 2 aromatic carbocycles. The maximum absolute atomic E-state index is 13.5. The Morgan fingerprint density at radius 1 is 1.20 bits per heavy atom. The van der Waals surface area contributed by atoms with E-state index in [9.17, 15) is 9.50 Å². The average Bonchev–Trinajstić information content (AvgIpc) is 2.89. The van der Waals surface area contributed by atoms with Crippen LogP contribution >= 0.6 is 0 Å². The van der Waals surface area contributed by atoms with Gasteiger partial charge in [0.1, 0.15) is 5.82 Å². The Labute approximate surface area is 118 Å². The zero-order chi connectivity index (χ0) is 14.1. The molecule has 1 N–H and O–H groups in total. The minimum absolute atomic E-state index is 0.218. The summed E-state index contributed by atoms with van der Waals surface area (Å²) < 4.78 is 13.5. The van der Waals surface area contributed by atoms with Crippen molar-refractivity contribution in [2.75, 3.05) is 11.4 Å². The fourth-order valence-electron chi connectivity index (χ4n) is 2.84. The van der Waals surface area contributed by atoms with E-state index in [1.807, 2.05) is 37.3 Å². The number of nitrogens with zero attached hydrogens (tertiary/aromatic N) is 1. The third kappa shape index (κ3) is 2.18. The molecule has 3 heteroatoms. The highest BCUT2D eigenvalue weighted by Gasteiger charge is 2.24. The first-order valence-corrected chi connectivity index (χ1v) is 7.03. The number of benzene rings is 2. The summed E-state index contributed by atoms with van der Waals surface area (Å²) in [6.07, 6.45) is 1.09. The normalized spacial score (nSPS) is 15.2. The van der Waals surface area contributed by atoms with Crippen molar-refractivity contribution in [1.29, 1.82) is 0 Å². The van der Waals surface area contributed by atoms with Crippen molar-refractivity contribution in [2.24, 2.45) is 0 Å². The number of fused-ring (bicyclic) bond motifs is 1. The summed E-state index contributed by atoms with van der Waals surface area (Å²) in [6, 6.07) is 12.8. The molecule has 1 heterocycles. The molecule has 1 atom stereocenters. The van der Waals surface area contributed by atoms with Crippen molar-refractivity contribution in [3.63, 3.8) is 0 Å². The molecule has 1 aliphatic rings. The van der Waals surface area contributed by atoms with Gasteiger partial charge in [0.2, 0.25) is 0 Å². The fourth-order valence-corrected chi connectivity index (χ4v) is 2.84. The summed E-state index contributed by atoms with van der Waals surface area (Å²) in [5.41, 5.74) is 3.96. The Hall–Kier alpha value is -1.87. The van der Waals surface area contributed by atoms with Gasteiger partial charge in [-0.25, -0.2) is 4.39 Å². The summed E-state index contributed by atoms with van der Waals surface area (Å²) >= 11 is 0. The molecule has 0 amide bonds. The lowest BCUT2D eigenvalue weighted by atomic mass is 10.0. The molecule has 0 fully saturated rings. The quantitative estimate of drug-likeness (QED) is 0.913. The number of aliphatic hydroxyl groups is 1. The highest BCUT2D eigenvalue weighted by atomic mass is 19.1. The van der Waals surface area contributed by atoms with Crippen LogP contribution in [0.2, 0.25) is 0 Å². The predicted octanol–water partition coefficient (Wildman–Crippen LogP) is 3.96. The maximum Gasteiger partial charge on any atom is 0.125 e. The van der Waals surface area contributed by atoms with Crippen LogP contribution in [0.3, 0.4) is 0 Å². The van der Waals surface area contributed by atoms with Crippen LogP contribution in [0.25, 0.3) is 0 Å². The molecular formula is C17H18FNO. The van der Waals surface area contributed by atoms with E-state index in [1.54, 1.807) is 6.07 Å². The molecule has 0 aliphatic carbocycles. The summed E-state index contributed by atoms with van der Waals surface area (Å²) in [5.74, 6) is -0.218. The highest BCUT2D eigenvalue weighted by Crippen LogP contribution is 2.38. The zero-order valence-electron chi connectivity index (χ0n) is 11.5. The largest absolute Gasteiger partial charge is 0.388 e. The zero-order valence-corrected chi connectivity index (χ0v) is 11.5. The van der Waals surface area contributed by atoms with Gasteiger partial charge in [0.25, 0.3) is 0 Å². The van der Waals surface area contributed by atoms with Gasteiger partial charge in [-0.1, -0.05) is 31.2 Å². The van der Waals surface area contributed by atoms with Crippen molar-refractivity contribution in [2.45, 2.75) is 25.9 Å². The first-order chi connectivity index (χ1) is 9.70. The van der Waals surface area contributed by atoms with E-state index < -0.39 is 6.10 Å². The number of hydrogen-bond donors (Lipinski definition) is 1. The number of rotatable bonds is 3. The molecule has 0 radical (unpaired) electrons. The SMILES string of the molecule is CC[C@@H](O)c1ccccc1N1CCc2ccc(F)cc21. The third-order valence-electron chi connectivity index (χ3n) is 3.92. The van der Waals surface area contributed by atoms with Crippen LogP contribution in [0, 0.1) is 5.82 Å². The summed E-state index contributed by atoms with van der Waals surface area (Å²) in [5, 5.41) is 10.2. The Balaban J connectivity index is 2.06. The minimum Gasteiger partial charge on any atom is -0.388 e. The molecule has 0 spiro atoms. The molecule has 0 unspecified atom stereocenters. The average molecular weight is 271 g/mol.